The summed E-state index contributed by atoms with van der Waals surface area (Å²) in [6, 6.07) is 5.33. The average Bonchev–Trinajstić information content (AvgIpc) is 2.54. The van der Waals surface area contributed by atoms with E-state index < -0.39 is 0 Å². The summed E-state index contributed by atoms with van der Waals surface area (Å²) in [5, 5.41) is 0. The highest BCUT2D eigenvalue weighted by Gasteiger charge is 2.27. The third-order valence-corrected chi connectivity index (χ3v) is 3.98. The third-order valence-electron chi connectivity index (χ3n) is 3.48. The zero-order chi connectivity index (χ0) is 16.1. The number of piperazine rings is 1. The summed E-state index contributed by atoms with van der Waals surface area (Å²) in [5.74, 6) is 0.447. The Hall–Kier alpha value is -1.76. The molecule has 0 spiro atoms. The summed E-state index contributed by atoms with van der Waals surface area (Å²) in [5.41, 5.74) is 0.515. The van der Waals surface area contributed by atoms with Crippen LogP contribution in [0.25, 0.3) is 0 Å². The standard InChI is InChI=1S/C15H19BrN2O4/c1-3-22-15(20)18-8-6-17(7-9-18)14(19)12-10-11(16)4-5-13(12)21-2/h4-5,10H,3,6-9H2,1-2H3. The van der Waals surface area contributed by atoms with E-state index in [0.717, 1.165) is 4.47 Å². The maximum atomic E-state index is 12.6. The molecule has 0 aromatic heterocycles. The SMILES string of the molecule is CCOC(=O)N1CCN(C(=O)c2cc(Br)ccc2OC)CC1. The molecular weight excluding hydrogens is 352 g/mol. The van der Waals surface area contributed by atoms with E-state index in [1.54, 1.807) is 36.0 Å². The Kier molecular flexibility index (Phi) is 5.65. The Balaban J connectivity index is 2.04. The van der Waals surface area contributed by atoms with E-state index in [0.29, 0.717) is 44.1 Å². The van der Waals surface area contributed by atoms with Crippen LogP contribution in [0.4, 0.5) is 4.79 Å². The van der Waals surface area contributed by atoms with E-state index in [4.69, 9.17) is 9.47 Å². The van der Waals surface area contributed by atoms with Crippen LogP contribution in [0.1, 0.15) is 17.3 Å². The fourth-order valence-corrected chi connectivity index (χ4v) is 2.69. The first-order chi connectivity index (χ1) is 10.6. The topological polar surface area (TPSA) is 59.1 Å². The number of benzene rings is 1. The normalized spacial score (nSPS) is 14.7. The molecule has 0 unspecified atom stereocenters. The van der Waals surface area contributed by atoms with Gasteiger partial charge in [0, 0.05) is 30.7 Å². The van der Waals surface area contributed by atoms with Crippen LogP contribution >= 0.6 is 15.9 Å². The molecule has 0 N–H and O–H groups in total. The van der Waals surface area contributed by atoms with Crippen LogP contribution in [0, 0.1) is 0 Å². The first kappa shape index (κ1) is 16.6. The predicted octanol–water partition coefficient (Wildman–Crippen LogP) is 2.37. The zero-order valence-electron chi connectivity index (χ0n) is 12.7. The number of halogens is 1. The van der Waals surface area contributed by atoms with E-state index >= 15 is 0 Å². The molecule has 1 aromatic carbocycles. The molecule has 6 nitrogen and oxygen atoms in total. The lowest BCUT2D eigenvalue weighted by atomic mass is 10.1. The van der Waals surface area contributed by atoms with Crippen molar-refractivity contribution in [2.45, 2.75) is 6.92 Å². The molecule has 1 saturated heterocycles. The van der Waals surface area contributed by atoms with Gasteiger partial charge in [-0.2, -0.15) is 0 Å². The second-order valence-corrected chi connectivity index (χ2v) is 5.74. The maximum Gasteiger partial charge on any atom is 0.409 e. The number of rotatable bonds is 3. The maximum absolute atomic E-state index is 12.6. The van der Waals surface area contributed by atoms with Gasteiger partial charge in [0.05, 0.1) is 19.3 Å². The second kappa shape index (κ2) is 7.49. The van der Waals surface area contributed by atoms with E-state index in [2.05, 4.69) is 15.9 Å². The molecule has 7 heteroatoms. The zero-order valence-corrected chi connectivity index (χ0v) is 14.3. The number of hydrogen-bond donors (Lipinski definition) is 0. The minimum atomic E-state index is -0.324. The van der Waals surface area contributed by atoms with Crippen LogP contribution in [-0.4, -0.2) is 61.7 Å². The van der Waals surface area contributed by atoms with Gasteiger partial charge in [-0.15, -0.1) is 0 Å². The van der Waals surface area contributed by atoms with Gasteiger partial charge in [-0.25, -0.2) is 4.79 Å². The van der Waals surface area contributed by atoms with Crippen molar-refractivity contribution in [1.82, 2.24) is 9.80 Å². The molecule has 0 bridgehead atoms. The van der Waals surface area contributed by atoms with Gasteiger partial charge >= 0.3 is 6.09 Å². The Bertz CT molecular complexity index is 556. The van der Waals surface area contributed by atoms with E-state index in [-0.39, 0.29) is 12.0 Å². The van der Waals surface area contributed by atoms with E-state index in [9.17, 15) is 9.59 Å². The summed E-state index contributed by atoms with van der Waals surface area (Å²) in [6.07, 6.45) is -0.324. The molecule has 120 valence electrons. The molecule has 0 atom stereocenters. The highest BCUT2D eigenvalue weighted by Crippen LogP contribution is 2.24. The quantitative estimate of drug-likeness (QED) is 0.819. The molecule has 1 aliphatic heterocycles. The number of hydrogen-bond acceptors (Lipinski definition) is 4. The number of carbonyl (C=O) groups is 2. The fraction of sp³-hybridized carbons (Fsp3) is 0.467. The molecule has 0 aliphatic carbocycles. The molecule has 2 amide bonds. The fourth-order valence-electron chi connectivity index (χ4n) is 2.32. The summed E-state index contributed by atoms with van der Waals surface area (Å²) >= 11 is 3.37. The van der Waals surface area contributed by atoms with Crippen molar-refractivity contribution in [3.8, 4) is 5.75 Å². The Morgan fingerprint density at radius 3 is 2.41 bits per heavy atom. The number of carbonyl (C=O) groups excluding carboxylic acids is 2. The first-order valence-electron chi connectivity index (χ1n) is 7.11. The van der Waals surface area contributed by atoms with Gasteiger partial charge in [-0.3, -0.25) is 4.79 Å². The Morgan fingerprint density at radius 2 is 1.82 bits per heavy atom. The molecule has 1 heterocycles. The van der Waals surface area contributed by atoms with Crippen LogP contribution in [0.3, 0.4) is 0 Å². The van der Waals surface area contributed by atoms with Crippen molar-refractivity contribution in [1.29, 1.82) is 0 Å². The summed E-state index contributed by atoms with van der Waals surface area (Å²) in [4.78, 5) is 27.6. The number of nitrogens with zero attached hydrogens (tertiary/aromatic N) is 2. The molecular formula is C15H19BrN2O4. The van der Waals surface area contributed by atoms with Crippen molar-refractivity contribution in [3.05, 3.63) is 28.2 Å². The predicted molar refractivity (Wildman–Crippen MR) is 85.2 cm³/mol. The molecule has 2 rings (SSSR count). The first-order valence-corrected chi connectivity index (χ1v) is 7.90. The van der Waals surface area contributed by atoms with E-state index in [1.165, 1.54) is 0 Å². The van der Waals surface area contributed by atoms with Gasteiger partial charge in [-0.05, 0) is 25.1 Å². The van der Waals surface area contributed by atoms with Gasteiger partial charge in [0.1, 0.15) is 5.75 Å². The third kappa shape index (κ3) is 3.71. The van der Waals surface area contributed by atoms with Crippen LogP contribution in [-0.2, 0) is 4.74 Å². The molecule has 1 fully saturated rings. The van der Waals surface area contributed by atoms with Gasteiger partial charge in [0.2, 0.25) is 0 Å². The molecule has 0 saturated carbocycles. The lowest BCUT2D eigenvalue weighted by Crippen LogP contribution is -2.50. The van der Waals surface area contributed by atoms with Crippen LogP contribution in [0.15, 0.2) is 22.7 Å². The minimum Gasteiger partial charge on any atom is -0.496 e. The molecule has 22 heavy (non-hydrogen) atoms. The highest BCUT2D eigenvalue weighted by atomic mass is 79.9. The summed E-state index contributed by atoms with van der Waals surface area (Å²) in [6.45, 7) is 4.03. The van der Waals surface area contributed by atoms with Gasteiger partial charge in [-0.1, -0.05) is 15.9 Å². The molecule has 0 radical (unpaired) electrons. The minimum absolute atomic E-state index is 0.0957. The van der Waals surface area contributed by atoms with E-state index in [1.807, 2.05) is 6.07 Å². The number of methoxy groups -OCH3 is 1. The lowest BCUT2D eigenvalue weighted by Gasteiger charge is -2.34. The highest BCUT2D eigenvalue weighted by molar-refractivity contribution is 9.10. The van der Waals surface area contributed by atoms with Gasteiger partial charge in [0.25, 0.3) is 5.91 Å². The van der Waals surface area contributed by atoms with Crippen molar-refractivity contribution in [3.63, 3.8) is 0 Å². The Morgan fingerprint density at radius 1 is 1.18 bits per heavy atom. The largest absolute Gasteiger partial charge is 0.496 e. The van der Waals surface area contributed by atoms with Crippen LogP contribution in [0.5, 0.6) is 5.75 Å². The average molecular weight is 371 g/mol. The second-order valence-electron chi connectivity index (χ2n) is 4.82. The summed E-state index contributed by atoms with van der Waals surface area (Å²) < 4.78 is 11.0. The molecule has 1 aromatic rings. The van der Waals surface area contributed by atoms with Gasteiger partial charge in [0.15, 0.2) is 0 Å². The lowest BCUT2D eigenvalue weighted by molar-refractivity contribution is 0.0568. The number of amides is 2. The van der Waals surface area contributed by atoms with Crippen LogP contribution < -0.4 is 4.74 Å². The smallest absolute Gasteiger partial charge is 0.409 e. The summed E-state index contributed by atoms with van der Waals surface area (Å²) in [7, 11) is 1.54. The van der Waals surface area contributed by atoms with Crippen molar-refractivity contribution >= 4 is 27.9 Å². The Labute approximate surface area is 138 Å². The monoisotopic (exact) mass is 370 g/mol. The van der Waals surface area contributed by atoms with Crippen molar-refractivity contribution < 1.29 is 19.1 Å². The van der Waals surface area contributed by atoms with Crippen molar-refractivity contribution in [2.75, 3.05) is 39.9 Å². The van der Waals surface area contributed by atoms with Crippen LogP contribution in [0.2, 0.25) is 0 Å². The number of ether oxygens (including phenoxy) is 2. The molecule has 1 aliphatic rings. The van der Waals surface area contributed by atoms with Gasteiger partial charge < -0.3 is 19.3 Å². The van der Waals surface area contributed by atoms with Crippen molar-refractivity contribution in [2.24, 2.45) is 0 Å².